The zero-order valence-electron chi connectivity index (χ0n) is 10.6. The number of aliphatic hydroxyl groups excluding tert-OH is 1. The van der Waals surface area contributed by atoms with Crippen molar-refractivity contribution < 1.29 is 19.7 Å². The third-order valence-electron chi connectivity index (χ3n) is 3.92. The van der Waals surface area contributed by atoms with Gasteiger partial charge in [-0.25, -0.2) is 4.79 Å². The first-order chi connectivity index (χ1) is 8.70. The Labute approximate surface area is 107 Å². The predicted octanol–water partition coefficient (Wildman–Crippen LogP) is 0.0695. The van der Waals surface area contributed by atoms with Crippen LogP contribution in [-0.4, -0.2) is 78.1 Å². The molecule has 1 atom stereocenters. The van der Waals surface area contributed by atoms with E-state index in [0.29, 0.717) is 19.0 Å². The van der Waals surface area contributed by atoms with Gasteiger partial charge in [0.25, 0.3) is 0 Å². The van der Waals surface area contributed by atoms with Crippen LogP contribution in [0.5, 0.6) is 0 Å². The number of piperazine rings is 1. The fourth-order valence-corrected chi connectivity index (χ4v) is 2.74. The van der Waals surface area contributed by atoms with E-state index in [2.05, 4.69) is 4.90 Å². The average Bonchev–Trinajstić information content (AvgIpc) is 2.40. The van der Waals surface area contributed by atoms with Gasteiger partial charge in [0.2, 0.25) is 0 Å². The van der Waals surface area contributed by atoms with E-state index in [1.54, 1.807) is 0 Å². The molecule has 2 rings (SSSR count). The molecule has 1 unspecified atom stereocenters. The smallest absolute Gasteiger partial charge is 0.407 e. The lowest BCUT2D eigenvalue weighted by Crippen LogP contribution is -2.57. The Hall–Kier alpha value is -0.850. The maximum absolute atomic E-state index is 10.9. The highest BCUT2D eigenvalue weighted by molar-refractivity contribution is 5.65. The Bertz CT molecular complexity index is 281. The van der Waals surface area contributed by atoms with Crippen LogP contribution < -0.4 is 0 Å². The van der Waals surface area contributed by atoms with E-state index in [1.165, 1.54) is 4.90 Å². The Morgan fingerprint density at radius 2 is 2.00 bits per heavy atom. The van der Waals surface area contributed by atoms with Gasteiger partial charge in [-0.05, 0) is 18.8 Å². The lowest BCUT2D eigenvalue weighted by molar-refractivity contribution is 0.00896. The fourth-order valence-electron chi connectivity index (χ4n) is 2.74. The van der Waals surface area contributed by atoms with Crippen molar-refractivity contribution in [2.24, 2.45) is 5.92 Å². The largest absolute Gasteiger partial charge is 0.465 e. The molecule has 2 aliphatic heterocycles. The molecule has 0 saturated carbocycles. The number of nitrogens with zero attached hydrogens (tertiary/aromatic N) is 2. The summed E-state index contributed by atoms with van der Waals surface area (Å²) < 4.78 is 5.34. The highest BCUT2D eigenvalue weighted by atomic mass is 16.5. The van der Waals surface area contributed by atoms with E-state index in [9.17, 15) is 9.90 Å². The van der Waals surface area contributed by atoms with Gasteiger partial charge in [0.05, 0.1) is 12.6 Å². The van der Waals surface area contributed by atoms with Crippen LogP contribution in [0.1, 0.15) is 12.8 Å². The monoisotopic (exact) mass is 258 g/mol. The molecule has 6 heteroatoms. The predicted molar refractivity (Wildman–Crippen MR) is 65.6 cm³/mol. The zero-order valence-corrected chi connectivity index (χ0v) is 10.6. The molecule has 0 aromatic heterocycles. The molecule has 2 heterocycles. The van der Waals surface area contributed by atoms with Gasteiger partial charge in [0.1, 0.15) is 0 Å². The molecule has 6 nitrogen and oxygen atoms in total. The number of hydrogen-bond donors (Lipinski definition) is 2. The highest BCUT2D eigenvalue weighted by Gasteiger charge is 2.30. The van der Waals surface area contributed by atoms with Crippen LogP contribution in [-0.2, 0) is 4.74 Å². The molecule has 0 aliphatic carbocycles. The topological polar surface area (TPSA) is 73.2 Å². The van der Waals surface area contributed by atoms with Crippen LogP contribution in [0.15, 0.2) is 0 Å². The first kappa shape index (κ1) is 13.6. The summed E-state index contributed by atoms with van der Waals surface area (Å²) in [5, 5.41) is 18.4. The van der Waals surface area contributed by atoms with Crippen LogP contribution in [0, 0.1) is 5.92 Å². The summed E-state index contributed by atoms with van der Waals surface area (Å²) in [6, 6.07) is -0.0577. The summed E-state index contributed by atoms with van der Waals surface area (Å²) in [6.07, 6.45) is 1.24. The standard InChI is InChI=1S/C12H22N2O4/c15-9-11-8-14(12(16)17)4-3-13(11)7-10-1-5-18-6-2-10/h10-11,15H,1-9H2,(H,16,17). The van der Waals surface area contributed by atoms with Gasteiger partial charge in [-0.15, -0.1) is 0 Å². The SMILES string of the molecule is O=C(O)N1CCN(CC2CCOCC2)C(CO)C1. The maximum Gasteiger partial charge on any atom is 0.407 e. The number of carboxylic acid groups (broad SMARTS) is 1. The number of carbonyl (C=O) groups is 1. The molecule has 1 amide bonds. The molecular weight excluding hydrogens is 236 g/mol. The Kier molecular flexibility index (Phi) is 4.79. The van der Waals surface area contributed by atoms with E-state index in [4.69, 9.17) is 9.84 Å². The molecule has 0 spiro atoms. The first-order valence-electron chi connectivity index (χ1n) is 6.61. The Balaban J connectivity index is 1.86. The molecular formula is C12H22N2O4. The second-order valence-electron chi connectivity index (χ2n) is 5.12. The van der Waals surface area contributed by atoms with Gasteiger partial charge >= 0.3 is 6.09 Å². The molecule has 2 aliphatic rings. The molecule has 0 bridgehead atoms. The molecule has 2 fully saturated rings. The van der Waals surface area contributed by atoms with E-state index >= 15 is 0 Å². The van der Waals surface area contributed by atoms with Crippen molar-refractivity contribution in [1.82, 2.24) is 9.80 Å². The van der Waals surface area contributed by atoms with Crippen LogP contribution in [0.25, 0.3) is 0 Å². The van der Waals surface area contributed by atoms with Gasteiger partial charge in [-0.1, -0.05) is 0 Å². The van der Waals surface area contributed by atoms with Crippen LogP contribution >= 0.6 is 0 Å². The molecule has 0 aromatic carbocycles. The van der Waals surface area contributed by atoms with E-state index in [0.717, 1.165) is 39.1 Å². The highest BCUT2D eigenvalue weighted by Crippen LogP contribution is 2.19. The van der Waals surface area contributed by atoms with Gasteiger partial charge in [-0.3, -0.25) is 4.90 Å². The summed E-state index contributed by atoms with van der Waals surface area (Å²) in [5.41, 5.74) is 0. The Morgan fingerprint density at radius 3 is 2.61 bits per heavy atom. The normalized spacial score (nSPS) is 27.4. The van der Waals surface area contributed by atoms with Crippen molar-refractivity contribution in [2.45, 2.75) is 18.9 Å². The number of rotatable bonds is 3. The van der Waals surface area contributed by atoms with Gasteiger partial charge in [-0.2, -0.15) is 0 Å². The van der Waals surface area contributed by atoms with Gasteiger partial charge < -0.3 is 19.8 Å². The van der Waals surface area contributed by atoms with Crippen molar-refractivity contribution in [1.29, 1.82) is 0 Å². The number of aliphatic hydroxyl groups is 1. The zero-order chi connectivity index (χ0) is 13.0. The number of amides is 1. The van der Waals surface area contributed by atoms with Gasteiger partial charge in [0, 0.05) is 39.4 Å². The minimum absolute atomic E-state index is 0.0208. The molecule has 2 N–H and O–H groups in total. The minimum atomic E-state index is -0.890. The third kappa shape index (κ3) is 3.34. The Morgan fingerprint density at radius 1 is 1.28 bits per heavy atom. The minimum Gasteiger partial charge on any atom is -0.465 e. The summed E-state index contributed by atoms with van der Waals surface area (Å²) in [7, 11) is 0. The molecule has 0 aromatic rings. The van der Waals surface area contributed by atoms with Crippen LogP contribution in [0.4, 0.5) is 4.79 Å². The fraction of sp³-hybridized carbons (Fsp3) is 0.917. The van der Waals surface area contributed by atoms with Crippen LogP contribution in [0.2, 0.25) is 0 Å². The molecule has 0 radical (unpaired) electrons. The first-order valence-corrected chi connectivity index (χ1v) is 6.61. The van der Waals surface area contributed by atoms with Crippen molar-refractivity contribution in [3.63, 3.8) is 0 Å². The second-order valence-corrected chi connectivity index (χ2v) is 5.12. The summed E-state index contributed by atoms with van der Waals surface area (Å²) >= 11 is 0. The van der Waals surface area contributed by atoms with Crippen LogP contribution in [0.3, 0.4) is 0 Å². The van der Waals surface area contributed by atoms with Gasteiger partial charge in [0.15, 0.2) is 0 Å². The lowest BCUT2D eigenvalue weighted by Gasteiger charge is -2.41. The number of ether oxygens (including phenoxy) is 1. The van der Waals surface area contributed by atoms with Crippen molar-refractivity contribution >= 4 is 6.09 Å². The number of hydrogen-bond acceptors (Lipinski definition) is 4. The lowest BCUT2D eigenvalue weighted by atomic mass is 9.98. The summed E-state index contributed by atoms with van der Waals surface area (Å²) in [6.45, 7) is 4.28. The van der Waals surface area contributed by atoms with Crippen molar-refractivity contribution in [2.75, 3.05) is 46.0 Å². The van der Waals surface area contributed by atoms with E-state index in [-0.39, 0.29) is 12.6 Å². The second kappa shape index (κ2) is 6.36. The molecule has 104 valence electrons. The average molecular weight is 258 g/mol. The van der Waals surface area contributed by atoms with Crippen molar-refractivity contribution in [3.8, 4) is 0 Å². The van der Waals surface area contributed by atoms with Crippen molar-refractivity contribution in [3.05, 3.63) is 0 Å². The third-order valence-corrected chi connectivity index (χ3v) is 3.92. The van der Waals surface area contributed by atoms with E-state index < -0.39 is 6.09 Å². The summed E-state index contributed by atoms with van der Waals surface area (Å²) in [4.78, 5) is 14.5. The van der Waals surface area contributed by atoms with E-state index in [1.807, 2.05) is 0 Å². The quantitative estimate of drug-likeness (QED) is 0.749. The molecule has 2 saturated heterocycles. The maximum atomic E-state index is 10.9. The molecule has 18 heavy (non-hydrogen) atoms. The summed E-state index contributed by atoms with van der Waals surface area (Å²) in [5.74, 6) is 0.615.